The third-order valence-corrected chi connectivity index (χ3v) is 3.57. The number of carboxylic acids is 1. The zero-order chi connectivity index (χ0) is 13.9. The van der Waals surface area contributed by atoms with Crippen LogP contribution in [0.15, 0.2) is 36.4 Å². The van der Waals surface area contributed by atoms with Crippen molar-refractivity contribution in [3.63, 3.8) is 0 Å². The Morgan fingerprint density at radius 3 is 2.65 bits per heavy atom. The fourth-order valence-electron chi connectivity index (χ4n) is 2.54. The summed E-state index contributed by atoms with van der Waals surface area (Å²) in [5.41, 5.74) is 0.245. The highest BCUT2D eigenvalue weighted by Crippen LogP contribution is 2.30. The molecule has 4 heteroatoms. The predicted octanol–water partition coefficient (Wildman–Crippen LogP) is 3.10. The summed E-state index contributed by atoms with van der Waals surface area (Å²) in [5, 5.41) is 11.1. The molecule has 2 aromatic rings. The van der Waals surface area contributed by atoms with Gasteiger partial charge in [-0.25, -0.2) is 4.79 Å². The van der Waals surface area contributed by atoms with Crippen LogP contribution in [-0.2, 0) is 4.74 Å². The molecule has 0 atom stereocenters. The van der Waals surface area contributed by atoms with E-state index in [1.807, 2.05) is 30.3 Å². The van der Waals surface area contributed by atoms with Crippen molar-refractivity contribution >= 4 is 16.7 Å². The van der Waals surface area contributed by atoms with Crippen LogP contribution >= 0.6 is 0 Å². The zero-order valence-electron chi connectivity index (χ0n) is 11.0. The molecule has 0 bridgehead atoms. The van der Waals surface area contributed by atoms with Gasteiger partial charge in [0.2, 0.25) is 0 Å². The van der Waals surface area contributed by atoms with Crippen LogP contribution in [0.1, 0.15) is 23.2 Å². The Kier molecular flexibility index (Phi) is 3.56. The number of carbonyl (C=O) groups is 1. The number of aromatic carboxylic acids is 1. The lowest BCUT2D eigenvalue weighted by Crippen LogP contribution is -2.26. The second-order valence-corrected chi connectivity index (χ2v) is 4.89. The Labute approximate surface area is 116 Å². The average molecular weight is 272 g/mol. The van der Waals surface area contributed by atoms with Crippen molar-refractivity contribution in [3.8, 4) is 5.75 Å². The standard InChI is InChI=1S/C16H16O4/c17-16(18)15-13-4-2-1-3-11(13)5-6-14(15)20-12-7-9-19-10-8-12/h1-6,12H,7-10H2,(H,17,18). The lowest BCUT2D eigenvalue weighted by molar-refractivity contribution is 0.0249. The number of hydrogen-bond donors (Lipinski definition) is 1. The van der Waals surface area contributed by atoms with Crippen molar-refractivity contribution in [1.29, 1.82) is 0 Å². The summed E-state index contributed by atoms with van der Waals surface area (Å²) in [7, 11) is 0. The predicted molar refractivity (Wildman–Crippen MR) is 75.4 cm³/mol. The van der Waals surface area contributed by atoms with Gasteiger partial charge in [-0.2, -0.15) is 0 Å². The van der Waals surface area contributed by atoms with Crippen LogP contribution in [0.5, 0.6) is 5.75 Å². The summed E-state index contributed by atoms with van der Waals surface area (Å²) in [4.78, 5) is 11.6. The number of ether oxygens (including phenoxy) is 2. The minimum absolute atomic E-state index is 0.0306. The Hall–Kier alpha value is -2.07. The monoisotopic (exact) mass is 272 g/mol. The number of fused-ring (bicyclic) bond motifs is 1. The Bertz CT molecular complexity index is 629. The van der Waals surface area contributed by atoms with Crippen molar-refractivity contribution in [2.75, 3.05) is 13.2 Å². The largest absolute Gasteiger partial charge is 0.489 e. The first-order valence-electron chi connectivity index (χ1n) is 6.75. The molecule has 2 aromatic carbocycles. The van der Waals surface area contributed by atoms with Crippen molar-refractivity contribution < 1.29 is 19.4 Å². The van der Waals surface area contributed by atoms with Gasteiger partial charge in [-0.05, 0) is 16.8 Å². The van der Waals surface area contributed by atoms with Crippen molar-refractivity contribution in [3.05, 3.63) is 42.0 Å². The van der Waals surface area contributed by atoms with Gasteiger partial charge in [0.15, 0.2) is 0 Å². The first-order valence-corrected chi connectivity index (χ1v) is 6.75. The fourth-order valence-corrected chi connectivity index (χ4v) is 2.54. The fraction of sp³-hybridized carbons (Fsp3) is 0.312. The summed E-state index contributed by atoms with van der Waals surface area (Å²) in [5.74, 6) is -0.507. The molecule has 0 aliphatic carbocycles. The molecule has 1 fully saturated rings. The van der Waals surface area contributed by atoms with E-state index in [1.165, 1.54) is 0 Å². The van der Waals surface area contributed by atoms with Gasteiger partial charge < -0.3 is 14.6 Å². The Morgan fingerprint density at radius 1 is 1.15 bits per heavy atom. The van der Waals surface area contributed by atoms with Gasteiger partial charge in [-0.3, -0.25) is 0 Å². The minimum atomic E-state index is -0.955. The van der Waals surface area contributed by atoms with E-state index < -0.39 is 5.97 Å². The maximum absolute atomic E-state index is 11.6. The molecule has 0 amide bonds. The molecule has 3 rings (SSSR count). The molecule has 1 N–H and O–H groups in total. The molecule has 1 heterocycles. The molecule has 0 saturated carbocycles. The number of benzene rings is 2. The molecule has 104 valence electrons. The number of rotatable bonds is 3. The smallest absolute Gasteiger partial charge is 0.340 e. The second kappa shape index (κ2) is 5.51. The van der Waals surface area contributed by atoms with Crippen molar-refractivity contribution in [2.45, 2.75) is 18.9 Å². The zero-order valence-corrected chi connectivity index (χ0v) is 11.0. The highest BCUT2D eigenvalue weighted by molar-refractivity contribution is 6.06. The summed E-state index contributed by atoms with van der Waals surface area (Å²) in [6, 6.07) is 11.1. The molecule has 1 saturated heterocycles. The number of hydrogen-bond acceptors (Lipinski definition) is 3. The average Bonchev–Trinajstić information content (AvgIpc) is 2.47. The summed E-state index contributed by atoms with van der Waals surface area (Å²) < 4.78 is 11.2. The van der Waals surface area contributed by atoms with E-state index in [-0.39, 0.29) is 11.7 Å². The van der Waals surface area contributed by atoms with Crippen LogP contribution < -0.4 is 4.74 Å². The molecule has 0 radical (unpaired) electrons. The molecular weight excluding hydrogens is 256 g/mol. The summed E-state index contributed by atoms with van der Waals surface area (Å²) >= 11 is 0. The topological polar surface area (TPSA) is 55.8 Å². The third-order valence-electron chi connectivity index (χ3n) is 3.57. The first kappa shape index (κ1) is 12.9. The lowest BCUT2D eigenvalue weighted by atomic mass is 10.0. The second-order valence-electron chi connectivity index (χ2n) is 4.89. The van der Waals surface area contributed by atoms with E-state index in [0.717, 1.165) is 18.2 Å². The normalized spacial score (nSPS) is 16.2. The molecular formula is C16H16O4. The highest BCUT2D eigenvalue weighted by atomic mass is 16.5. The molecule has 4 nitrogen and oxygen atoms in total. The third kappa shape index (κ3) is 2.47. The molecule has 0 aromatic heterocycles. The molecule has 1 aliphatic heterocycles. The van der Waals surface area contributed by atoms with Gasteiger partial charge in [0, 0.05) is 12.8 Å². The molecule has 20 heavy (non-hydrogen) atoms. The lowest BCUT2D eigenvalue weighted by Gasteiger charge is -2.24. The van der Waals surface area contributed by atoms with Gasteiger partial charge >= 0.3 is 5.97 Å². The van der Waals surface area contributed by atoms with Gasteiger partial charge in [-0.15, -0.1) is 0 Å². The van der Waals surface area contributed by atoms with Crippen LogP contribution in [0.4, 0.5) is 0 Å². The van der Waals surface area contributed by atoms with Crippen molar-refractivity contribution in [1.82, 2.24) is 0 Å². The van der Waals surface area contributed by atoms with Crippen LogP contribution in [0.2, 0.25) is 0 Å². The SMILES string of the molecule is O=C(O)c1c(OC2CCOCC2)ccc2ccccc12. The minimum Gasteiger partial charge on any atom is -0.489 e. The van der Waals surface area contributed by atoms with Crippen LogP contribution in [0, 0.1) is 0 Å². The Morgan fingerprint density at radius 2 is 1.90 bits per heavy atom. The molecule has 0 spiro atoms. The van der Waals surface area contributed by atoms with E-state index in [0.29, 0.717) is 24.3 Å². The van der Waals surface area contributed by atoms with Crippen LogP contribution in [0.3, 0.4) is 0 Å². The van der Waals surface area contributed by atoms with E-state index in [4.69, 9.17) is 9.47 Å². The van der Waals surface area contributed by atoms with Crippen molar-refractivity contribution in [2.24, 2.45) is 0 Å². The number of carboxylic acid groups (broad SMARTS) is 1. The van der Waals surface area contributed by atoms with Crippen LogP contribution in [-0.4, -0.2) is 30.4 Å². The van der Waals surface area contributed by atoms with E-state index in [9.17, 15) is 9.90 Å². The van der Waals surface area contributed by atoms with Gasteiger partial charge in [0.25, 0.3) is 0 Å². The molecule has 1 aliphatic rings. The molecule has 0 unspecified atom stereocenters. The maximum Gasteiger partial charge on any atom is 0.340 e. The Balaban J connectivity index is 2.01. The van der Waals surface area contributed by atoms with E-state index >= 15 is 0 Å². The first-order chi connectivity index (χ1) is 9.75. The highest BCUT2D eigenvalue weighted by Gasteiger charge is 2.20. The van der Waals surface area contributed by atoms with Gasteiger partial charge in [-0.1, -0.05) is 30.3 Å². The summed E-state index contributed by atoms with van der Waals surface area (Å²) in [6.07, 6.45) is 1.63. The quantitative estimate of drug-likeness (QED) is 0.932. The summed E-state index contributed by atoms with van der Waals surface area (Å²) in [6.45, 7) is 1.33. The van der Waals surface area contributed by atoms with Crippen LogP contribution in [0.25, 0.3) is 10.8 Å². The van der Waals surface area contributed by atoms with Gasteiger partial charge in [0.05, 0.1) is 13.2 Å². The van der Waals surface area contributed by atoms with E-state index in [2.05, 4.69) is 0 Å². The van der Waals surface area contributed by atoms with E-state index in [1.54, 1.807) is 6.07 Å². The van der Waals surface area contributed by atoms with Gasteiger partial charge in [0.1, 0.15) is 17.4 Å². The maximum atomic E-state index is 11.6.